The number of allylic oxidation sites excluding steroid dienone is 1. The zero-order chi connectivity index (χ0) is 31.1. The largest absolute Gasteiger partial charge is 0.463 e. The molecule has 45 heavy (non-hydrogen) atoms. The Morgan fingerprint density at radius 1 is 1.09 bits per heavy atom. The van der Waals surface area contributed by atoms with Gasteiger partial charge in [0.15, 0.2) is 16.3 Å². The average molecular weight is 640 g/mol. The molecule has 0 saturated heterocycles. The Hall–Kier alpha value is -4.60. The summed E-state index contributed by atoms with van der Waals surface area (Å²) in [6, 6.07) is 20.7. The van der Waals surface area contributed by atoms with Crippen LogP contribution in [0.25, 0.3) is 17.0 Å². The second-order valence-electron chi connectivity index (χ2n) is 10.9. The number of para-hydroxylation sites is 1. The quantitative estimate of drug-likeness (QED) is 0.196. The lowest BCUT2D eigenvalue weighted by molar-refractivity contribution is -0.139. The number of hydrogen-bond donors (Lipinski definition) is 0. The number of ether oxygens (including phenoxy) is 3. The molecule has 0 aliphatic carbocycles. The van der Waals surface area contributed by atoms with Crippen LogP contribution in [0.4, 0.5) is 0 Å². The van der Waals surface area contributed by atoms with E-state index in [-0.39, 0.29) is 19.0 Å². The van der Waals surface area contributed by atoms with Crippen LogP contribution in [0.5, 0.6) is 11.5 Å². The summed E-state index contributed by atoms with van der Waals surface area (Å²) in [5.74, 6) is 0.712. The molecular weight excluding hydrogens is 610 g/mol. The van der Waals surface area contributed by atoms with Crippen molar-refractivity contribution >= 4 is 45.9 Å². The fourth-order valence-corrected chi connectivity index (χ4v) is 7.11. The number of benzene rings is 3. The molecule has 0 radical (unpaired) electrons. The molecule has 0 N–H and O–H groups in total. The van der Waals surface area contributed by atoms with Gasteiger partial charge < -0.3 is 18.8 Å². The molecule has 228 valence electrons. The summed E-state index contributed by atoms with van der Waals surface area (Å²) in [7, 11) is 0. The Morgan fingerprint density at radius 3 is 2.69 bits per heavy atom. The molecule has 0 bridgehead atoms. The lowest BCUT2D eigenvalue weighted by Gasteiger charge is -2.25. The van der Waals surface area contributed by atoms with Gasteiger partial charge in [-0.2, -0.15) is 0 Å². The van der Waals surface area contributed by atoms with Gasteiger partial charge in [-0.15, -0.1) is 0 Å². The molecule has 4 heterocycles. The van der Waals surface area contributed by atoms with Crippen molar-refractivity contribution in [2.45, 2.75) is 39.3 Å². The normalized spacial score (nSPS) is 15.8. The maximum Gasteiger partial charge on any atom is 0.338 e. The van der Waals surface area contributed by atoms with Crippen LogP contribution in [-0.4, -0.2) is 28.5 Å². The van der Waals surface area contributed by atoms with E-state index in [4.69, 9.17) is 30.8 Å². The molecule has 8 nitrogen and oxygen atoms in total. The van der Waals surface area contributed by atoms with Crippen molar-refractivity contribution < 1.29 is 19.0 Å². The van der Waals surface area contributed by atoms with E-state index in [0.717, 1.165) is 34.0 Å². The highest BCUT2D eigenvalue weighted by atomic mass is 35.5. The summed E-state index contributed by atoms with van der Waals surface area (Å²) in [4.78, 5) is 33.3. The molecule has 0 unspecified atom stereocenters. The van der Waals surface area contributed by atoms with Crippen molar-refractivity contribution in [3.8, 4) is 11.5 Å². The summed E-state index contributed by atoms with van der Waals surface area (Å²) < 4.78 is 21.0. The third-order valence-electron chi connectivity index (χ3n) is 7.98. The Labute approximate surface area is 268 Å². The van der Waals surface area contributed by atoms with Gasteiger partial charge in [-0.3, -0.25) is 9.36 Å². The number of hydrogen-bond acceptors (Lipinski definition) is 7. The summed E-state index contributed by atoms with van der Waals surface area (Å²) in [5, 5.41) is 1.72. The molecule has 0 fully saturated rings. The van der Waals surface area contributed by atoms with Gasteiger partial charge in [-0.1, -0.05) is 72.7 Å². The minimum atomic E-state index is -0.732. The van der Waals surface area contributed by atoms with Crippen molar-refractivity contribution in [2.75, 3.05) is 13.4 Å². The highest BCUT2D eigenvalue weighted by Gasteiger charge is 2.35. The molecule has 0 saturated carbocycles. The van der Waals surface area contributed by atoms with E-state index in [2.05, 4.69) is 22.9 Å². The topological polar surface area (TPSA) is 84.0 Å². The van der Waals surface area contributed by atoms with E-state index in [1.54, 1.807) is 11.5 Å². The minimum absolute atomic E-state index is 0.120. The van der Waals surface area contributed by atoms with Gasteiger partial charge in [0.05, 0.1) is 28.5 Å². The van der Waals surface area contributed by atoms with Crippen LogP contribution < -0.4 is 24.4 Å². The Kier molecular flexibility index (Phi) is 7.81. The number of carbonyl (C=O) groups excluding carboxylic acids is 1. The lowest BCUT2D eigenvalue weighted by Crippen LogP contribution is -2.40. The van der Waals surface area contributed by atoms with Gasteiger partial charge >= 0.3 is 5.97 Å². The van der Waals surface area contributed by atoms with E-state index in [0.29, 0.717) is 50.1 Å². The van der Waals surface area contributed by atoms with Crippen molar-refractivity contribution in [3.05, 3.63) is 126 Å². The highest BCUT2D eigenvalue weighted by molar-refractivity contribution is 7.07. The van der Waals surface area contributed by atoms with Gasteiger partial charge in [0.1, 0.15) is 0 Å². The third kappa shape index (κ3) is 5.36. The smallest absolute Gasteiger partial charge is 0.338 e. The Morgan fingerprint density at radius 2 is 1.89 bits per heavy atom. The highest BCUT2D eigenvalue weighted by Crippen LogP contribution is 2.39. The molecule has 5 aromatic rings. The first-order valence-electron chi connectivity index (χ1n) is 14.9. The zero-order valence-corrected chi connectivity index (χ0v) is 26.4. The van der Waals surface area contributed by atoms with Crippen LogP contribution >= 0.6 is 22.9 Å². The summed E-state index contributed by atoms with van der Waals surface area (Å²) in [6.07, 6.45) is 5.34. The second-order valence-corrected chi connectivity index (χ2v) is 12.3. The monoisotopic (exact) mass is 639 g/mol. The van der Waals surface area contributed by atoms with Crippen LogP contribution in [0, 0.1) is 0 Å². The average Bonchev–Trinajstić information content (AvgIpc) is 3.74. The first-order chi connectivity index (χ1) is 21.9. The molecule has 1 atom stereocenters. The fourth-order valence-electron chi connectivity index (χ4n) is 5.97. The minimum Gasteiger partial charge on any atom is -0.463 e. The summed E-state index contributed by atoms with van der Waals surface area (Å²) >= 11 is 7.44. The molecule has 2 aliphatic rings. The van der Waals surface area contributed by atoms with Gasteiger partial charge in [0.25, 0.3) is 5.56 Å². The summed E-state index contributed by atoms with van der Waals surface area (Å²) in [5.41, 5.74) is 4.58. The molecule has 2 aromatic heterocycles. The Bertz CT molecular complexity index is 2160. The lowest BCUT2D eigenvalue weighted by atomic mass is 9.94. The Balaban J connectivity index is 1.40. The van der Waals surface area contributed by atoms with E-state index in [1.165, 1.54) is 11.3 Å². The molecule has 0 amide bonds. The number of nitrogens with zero attached hydrogens (tertiary/aromatic N) is 3. The van der Waals surface area contributed by atoms with Crippen LogP contribution in [0.1, 0.15) is 49.4 Å². The van der Waals surface area contributed by atoms with Crippen LogP contribution in [0.15, 0.2) is 94.0 Å². The van der Waals surface area contributed by atoms with Crippen molar-refractivity contribution in [3.63, 3.8) is 0 Å². The SMILES string of the molecule is CCCC1=C(C(=O)OCC)[C@H](c2ccc3c(c2)OCO3)n2c(s/c(=C/c3cn(Cc4ccc(Cl)cc4)c4ccccc34)c2=O)=N1. The number of fused-ring (bicyclic) bond motifs is 3. The number of rotatable bonds is 8. The standard InChI is InChI=1S/C35H30ClN3O5S/c1-3-7-26-31(34(41)42-4-2)32(22-12-15-28-29(16-22)44-20-43-28)39-33(40)30(45-35(39)37-26)17-23-19-38(27-9-6-5-8-25(23)27)18-21-10-13-24(36)14-11-21/h5-6,8-17,19,32H,3-4,7,18,20H2,1-2H3/b30-17+/t32-/m0/s1. The maximum atomic E-state index is 14.3. The van der Waals surface area contributed by atoms with Crippen molar-refractivity contribution in [2.24, 2.45) is 4.99 Å². The van der Waals surface area contributed by atoms with Crippen LogP contribution in [0.2, 0.25) is 5.02 Å². The van der Waals surface area contributed by atoms with E-state index in [9.17, 15) is 9.59 Å². The molecule has 10 heteroatoms. The van der Waals surface area contributed by atoms with Crippen LogP contribution in [-0.2, 0) is 16.1 Å². The number of halogens is 1. The second kappa shape index (κ2) is 12.1. The molecule has 2 aliphatic heterocycles. The van der Waals surface area contributed by atoms with Crippen molar-refractivity contribution in [1.82, 2.24) is 9.13 Å². The third-order valence-corrected chi connectivity index (χ3v) is 9.21. The van der Waals surface area contributed by atoms with E-state index >= 15 is 0 Å². The van der Waals surface area contributed by atoms with Crippen LogP contribution in [0.3, 0.4) is 0 Å². The van der Waals surface area contributed by atoms with Crippen molar-refractivity contribution in [1.29, 1.82) is 0 Å². The molecule has 7 rings (SSSR count). The van der Waals surface area contributed by atoms with E-state index in [1.807, 2.05) is 67.6 Å². The molecule has 0 spiro atoms. The molecule has 3 aromatic carbocycles. The van der Waals surface area contributed by atoms with Gasteiger partial charge in [-0.05, 0) is 60.9 Å². The van der Waals surface area contributed by atoms with E-state index < -0.39 is 12.0 Å². The molecular formula is C35H30ClN3O5S. The predicted molar refractivity (Wildman–Crippen MR) is 175 cm³/mol. The first kappa shape index (κ1) is 29.1. The zero-order valence-electron chi connectivity index (χ0n) is 24.8. The number of carbonyl (C=O) groups is 1. The van der Waals surface area contributed by atoms with Gasteiger partial charge in [0, 0.05) is 34.2 Å². The maximum absolute atomic E-state index is 14.3. The van der Waals surface area contributed by atoms with Gasteiger partial charge in [-0.25, -0.2) is 9.79 Å². The predicted octanol–water partition coefficient (Wildman–Crippen LogP) is 5.96. The number of thiazole rings is 1. The fraction of sp³-hybridized carbons (Fsp3) is 0.229. The number of esters is 1. The first-order valence-corrected chi connectivity index (χ1v) is 16.1. The summed E-state index contributed by atoms with van der Waals surface area (Å²) in [6.45, 7) is 4.79. The van der Waals surface area contributed by atoms with Gasteiger partial charge in [0.2, 0.25) is 6.79 Å². The number of aromatic nitrogens is 2.